The Hall–Kier alpha value is -4.17. The van der Waals surface area contributed by atoms with Crippen LogP contribution in [0, 0.1) is 0 Å². The van der Waals surface area contributed by atoms with Gasteiger partial charge in [-0.25, -0.2) is 9.69 Å². The summed E-state index contributed by atoms with van der Waals surface area (Å²) in [7, 11) is 5.08. The molecule has 0 radical (unpaired) electrons. The van der Waals surface area contributed by atoms with Crippen LogP contribution in [0.5, 0.6) is 11.5 Å². The number of cyclic esters (lactones) is 1. The highest BCUT2D eigenvalue weighted by Gasteiger charge is 2.62. The monoisotopic (exact) mass is 513 g/mol. The molecule has 0 spiro atoms. The van der Waals surface area contributed by atoms with E-state index >= 15 is 0 Å². The maximum Gasteiger partial charge on any atom is 0.418 e. The molecule has 5 rings (SSSR count). The van der Waals surface area contributed by atoms with E-state index in [0.717, 1.165) is 16.7 Å². The van der Waals surface area contributed by atoms with Gasteiger partial charge in [-0.05, 0) is 42.8 Å². The summed E-state index contributed by atoms with van der Waals surface area (Å²) in [4.78, 5) is 35.6. The van der Waals surface area contributed by atoms with Crippen molar-refractivity contribution in [1.29, 1.82) is 0 Å². The third-order valence-electron chi connectivity index (χ3n) is 7.35. The molecule has 0 saturated carbocycles. The van der Waals surface area contributed by atoms with Crippen LogP contribution in [0.25, 0.3) is 0 Å². The predicted octanol–water partition coefficient (Wildman–Crippen LogP) is 4.81. The molecule has 3 aromatic carbocycles. The largest absolute Gasteiger partial charge is 0.497 e. The number of methoxy groups -OCH3 is 2. The van der Waals surface area contributed by atoms with Crippen LogP contribution in [0.3, 0.4) is 0 Å². The predicted molar refractivity (Wildman–Crippen MR) is 143 cm³/mol. The summed E-state index contributed by atoms with van der Waals surface area (Å²) in [6.45, 7) is 1.83. The molecule has 2 heterocycles. The lowest BCUT2D eigenvalue weighted by atomic mass is 9.89. The van der Waals surface area contributed by atoms with Crippen molar-refractivity contribution in [3.05, 3.63) is 95.6 Å². The highest BCUT2D eigenvalue weighted by molar-refractivity contribution is 6.04. The van der Waals surface area contributed by atoms with Gasteiger partial charge >= 0.3 is 6.09 Å². The van der Waals surface area contributed by atoms with E-state index in [1.165, 1.54) is 4.90 Å². The molecule has 4 atom stereocenters. The zero-order valence-electron chi connectivity index (χ0n) is 21.9. The van der Waals surface area contributed by atoms with Crippen LogP contribution in [0.15, 0.2) is 83.9 Å². The number of carbonyl (C=O) groups is 2. The van der Waals surface area contributed by atoms with Gasteiger partial charge in [0.15, 0.2) is 6.17 Å². The van der Waals surface area contributed by atoms with Crippen molar-refractivity contribution in [3.8, 4) is 11.5 Å². The first-order chi connectivity index (χ1) is 18.4. The number of rotatable bonds is 8. The molecular weight excluding hydrogens is 482 g/mol. The van der Waals surface area contributed by atoms with Gasteiger partial charge < -0.3 is 14.2 Å². The molecule has 4 unspecified atom stereocenters. The van der Waals surface area contributed by atoms with E-state index in [0.29, 0.717) is 11.5 Å². The summed E-state index contributed by atoms with van der Waals surface area (Å²) in [6, 6.07) is 23.9. The van der Waals surface area contributed by atoms with Crippen LogP contribution in [0.2, 0.25) is 0 Å². The molecule has 2 aliphatic rings. The Labute approximate surface area is 222 Å². The molecular formula is C30H31N3O5. The minimum atomic E-state index is -1.54. The van der Waals surface area contributed by atoms with E-state index in [4.69, 9.17) is 19.2 Å². The molecule has 0 N–H and O–H groups in total. The molecule has 1 saturated heterocycles. The third kappa shape index (κ3) is 4.41. The number of benzene rings is 3. The van der Waals surface area contributed by atoms with Gasteiger partial charge in [-0.2, -0.15) is 0 Å². The van der Waals surface area contributed by atoms with Crippen LogP contribution in [0.4, 0.5) is 4.79 Å². The molecule has 3 aromatic rings. The normalized spacial score (nSPS) is 23.9. The van der Waals surface area contributed by atoms with Gasteiger partial charge in [0.25, 0.3) is 5.91 Å². The summed E-state index contributed by atoms with van der Waals surface area (Å²) < 4.78 is 17.0. The maximum atomic E-state index is 14.3. The molecule has 38 heavy (non-hydrogen) atoms. The fraction of sp³-hybridized carbons (Fsp3) is 0.300. The summed E-state index contributed by atoms with van der Waals surface area (Å²) in [6.07, 6.45) is 0.569. The molecule has 0 aromatic heterocycles. The fourth-order valence-electron chi connectivity index (χ4n) is 5.31. The second-order valence-electron chi connectivity index (χ2n) is 9.61. The van der Waals surface area contributed by atoms with Gasteiger partial charge in [-0.1, -0.05) is 60.7 Å². The van der Waals surface area contributed by atoms with Crippen molar-refractivity contribution in [3.63, 3.8) is 0 Å². The van der Waals surface area contributed by atoms with Crippen LogP contribution < -0.4 is 9.47 Å². The van der Waals surface area contributed by atoms with E-state index in [-0.39, 0.29) is 12.5 Å². The van der Waals surface area contributed by atoms with Gasteiger partial charge in [0.2, 0.25) is 5.60 Å². The Kier molecular flexibility index (Phi) is 6.91. The standard InChI is InChI=1S/C30H31N3O5/c1-20(22-13-9-6-10-14-22)33-28(34)30(38-29(33)35,18-21-11-7-5-8-12-21)27-31-19-26(32(27)2)23-15-24(36-3)17-25(16-23)37-4/h5-17,19-20,26-27H,18H2,1-4H3. The van der Waals surface area contributed by atoms with Crippen molar-refractivity contribution in [2.24, 2.45) is 4.99 Å². The van der Waals surface area contributed by atoms with E-state index in [2.05, 4.69) is 0 Å². The van der Waals surface area contributed by atoms with Crippen LogP contribution in [-0.2, 0) is 16.0 Å². The van der Waals surface area contributed by atoms with Crippen LogP contribution in [0.1, 0.15) is 35.7 Å². The highest BCUT2D eigenvalue weighted by Crippen LogP contribution is 2.42. The minimum absolute atomic E-state index is 0.191. The molecule has 0 aliphatic carbocycles. The summed E-state index contributed by atoms with van der Waals surface area (Å²) in [5.41, 5.74) is 1.07. The molecule has 0 bridgehead atoms. The van der Waals surface area contributed by atoms with Crippen LogP contribution in [-0.4, -0.2) is 61.0 Å². The number of amides is 2. The lowest BCUT2D eigenvalue weighted by Crippen LogP contribution is -2.56. The van der Waals surface area contributed by atoms with Crippen molar-refractivity contribution < 1.29 is 23.8 Å². The Bertz CT molecular complexity index is 1320. The number of nitrogens with zero attached hydrogens (tertiary/aromatic N) is 3. The number of imide groups is 1. The second-order valence-corrected chi connectivity index (χ2v) is 9.61. The summed E-state index contributed by atoms with van der Waals surface area (Å²) in [5.74, 6) is 0.894. The van der Waals surface area contributed by atoms with Gasteiger partial charge in [0, 0.05) is 18.7 Å². The number of likely N-dealkylation sites (N-methyl/N-ethyl adjacent to an activating group) is 1. The lowest BCUT2D eigenvalue weighted by molar-refractivity contribution is -0.143. The maximum absolute atomic E-state index is 14.3. The first-order valence-electron chi connectivity index (χ1n) is 12.5. The second kappa shape index (κ2) is 10.3. The topological polar surface area (TPSA) is 80.7 Å². The first-order valence-corrected chi connectivity index (χ1v) is 12.5. The van der Waals surface area contributed by atoms with Gasteiger partial charge in [0.05, 0.1) is 26.3 Å². The van der Waals surface area contributed by atoms with Gasteiger partial charge in [-0.3, -0.25) is 14.7 Å². The van der Waals surface area contributed by atoms with Gasteiger partial charge in [0.1, 0.15) is 11.5 Å². The fourth-order valence-corrected chi connectivity index (χ4v) is 5.31. The highest BCUT2D eigenvalue weighted by atomic mass is 16.6. The van der Waals surface area contributed by atoms with Crippen molar-refractivity contribution in [2.45, 2.75) is 37.2 Å². The lowest BCUT2D eigenvalue weighted by Gasteiger charge is -2.36. The average Bonchev–Trinajstić information content (AvgIpc) is 3.45. The molecule has 8 heteroatoms. The SMILES string of the molecule is COc1cc(OC)cc(C2C=NC(C3(Cc4ccccc4)OC(=O)N(C(C)c4ccccc4)C3=O)N2C)c1. The molecule has 1 fully saturated rings. The Morgan fingerprint density at radius 2 is 1.55 bits per heavy atom. The van der Waals surface area contributed by atoms with E-state index < -0.39 is 29.8 Å². The Morgan fingerprint density at radius 3 is 2.16 bits per heavy atom. The number of carbonyl (C=O) groups excluding carboxylic acids is 2. The van der Waals surface area contributed by atoms with E-state index in [1.807, 2.05) is 91.7 Å². The minimum Gasteiger partial charge on any atom is -0.497 e. The average molecular weight is 514 g/mol. The number of aliphatic imine (C=N–C) groups is 1. The van der Waals surface area contributed by atoms with Crippen LogP contribution >= 0.6 is 0 Å². The molecule has 8 nitrogen and oxygen atoms in total. The number of ether oxygens (including phenoxy) is 3. The molecule has 2 amide bonds. The molecule has 2 aliphatic heterocycles. The van der Waals surface area contributed by atoms with E-state index in [9.17, 15) is 9.59 Å². The summed E-state index contributed by atoms with van der Waals surface area (Å²) >= 11 is 0. The zero-order valence-corrected chi connectivity index (χ0v) is 21.9. The Balaban J connectivity index is 1.53. The zero-order chi connectivity index (χ0) is 26.9. The van der Waals surface area contributed by atoms with E-state index in [1.54, 1.807) is 26.5 Å². The number of hydrogen-bond acceptors (Lipinski definition) is 7. The third-order valence-corrected chi connectivity index (χ3v) is 7.35. The Morgan fingerprint density at radius 1 is 0.947 bits per heavy atom. The summed E-state index contributed by atoms with van der Waals surface area (Å²) in [5, 5.41) is 0. The smallest absolute Gasteiger partial charge is 0.418 e. The molecule has 196 valence electrons. The first kappa shape index (κ1) is 25.5. The van der Waals surface area contributed by atoms with Crippen molar-refractivity contribution in [2.75, 3.05) is 21.3 Å². The quantitative estimate of drug-likeness (QED) is 0.430. The van der Waals surface area contributed by atoms with Crippen molar-refractivity contribution in [1.82, 2.24) is 9.80 Å². The van der Waals surface area contributed by atoms with Crippen molar-refractivity contribution >= 4 is 18.2 Å². The van der Waals surface area contributed by atoms with Gasteiger partial charge in [-0.15, -0.1) is 0 Å². The number of hydrogen-bond donors (Lipinski definition) is 0.